The number of pyridine rings is 1. The summed E-state index contributed by atoms with van der Waals surface area (Å²) < 4.78 is 10.3. The zero-order valence-electron chi connectivity index (χ0n) is 17.8. The minimum absolute atomic E-state index is 0.159. The van der Waals surface area contributed by atoms with E-state index in [1.165, 1.54) is 0 Å². The number of rotatable bonds is 6. The van der Waals surface area contributed by atoms with Crippen molar-refractivity contribution in [3.8, 4) is 11.4 Å². The van der Waals surface area contributed by atoms with Gasteiger partial charge in [0.1, 0.15) is 11.4 Å². The molecule has 2 heterocycles. The van der Waals surface area contributed by atoms with E-state index in [-0.39, 0.29) is 11.6 Å². The first-order chi connectivity index (χ1) is 15.4. The summed E-state index contributed by atoms with van der Waals surface area (Å²) in [5.74, 6) is 0.655. The Hall–Kier alpha value is -2.78. The number of hydrogen-bond donors (Lipinski definition) is 1. The van der Waals surface area contributed by atoms with Gasteiger partial charge >= 0.3 is 0 Å². The van der Waals surface area contributed by atoms with Crippen LogP contribution in [-0.2, 0) is 0 Å². The average Bonchev–Trinajstić information content (AvgIpc) is 3.22. The lowest BCUT2D eigenvalue weighted by Gasteiger charge is -2.18. The zero-order chi connectivity index (χ0) is 22.8. The van der Waals surface area contributed by atoms with E-state index in [2.05, 4.69) is 32.9 Å². The third kappa shape index (κ3) is 4.68. The van der Waals surface area contributed by atoms with Gasteiger partial charge in [-0.05, 0) is 72.3 Å². The van der Waals surface area contributed by atoms with Crippen molar-refractivity contribution in [3.63, 3.8) is 0 Å². The second kappa shape index (κ2) is 9.38. The first-order valence-corrected chi connectivity index (χ1v) is 11.4. The van der Waals surface area contributed by atoms with Gasteiger partial charge in [0.15, 0.2) is 0 Å². The fourth-order valence-corrected chi connectivity index (χ4v) is 4.10. The predicted octanol–water partition coefficient (Wildman–Crippen LogP) is 5.96. The molecule has 0 radical (unpaired) electrons. The van der Waals surface area contributed by atoms with Gasteiger partial charge in [-0.3, -0.25) is 4.79 Å². The van der Waals surface area contributed by atoms with Gasteiger partial charge in [0.05, 0.1) is 35.9 Å². The molecular weight excluding hydrogens is 539 g/mol. The lowest BCUT2D eigenvalue weighted by Crippen LogP contribution is -2.25. The van der Waals surface area contributed by atoms with Crippen molar-refractivity contribution < 1.29 is 4.74 Å². The predicted molar refractivity (Wildman–Crippen MR) is 137 cm³/mol. The third-order valence-electron chi connectivity index (χ3n) is 5.23. The molecule has 8 heteroatoms. The molecule has 1 atom stereocenters. The molecule has 0 fully saturated rings. The number of ether oxygens (including phenoxy) is 1. The van der Waals surface area contributed by atoms with Gasteiger partial charge in [0.25, 0.3) is 5.56 Å². The second-order valence-electron chi connectivity index (χ2n) is 7.45. The molecule has 6 nitrogen and oxygen atoms in total. The molecule has 1 N–H and O–H groups in total. The van der Waals surface area contributed by atoms with Crippen LogP contribution in [0.15, 0.2) is 72.0 Å². The van der Waals surface area contributed by atoms with Gasteiger partial charge in [-0.1, -0.05) is 23.7 Å². The van der Waals surface area contributed by atoms with E-state index in [0.717, 1.165) is 26.2 Å². The molecule has 0 spiro atoms. The number of halogens is 2. The van der Waals surface area contributed by atoms with Gasteiger partial charge in [0, 0.05) is 27.7 Å². The third-order valence-corrected chi connectivity index (χ3v) is 6.15. The normalized spacial score (nSPS) is 11.9. The Balaban J connectivity index is 1.67. The minimum Gasteiger partial charge on any atom is -0.494 e. The number of nitrogens with one attached hydrogen (secondary N) is 1. The molecule has 2 aromatic carbocycles. The Bertz CT molecular complexity index is 1310. The largest absolute Gasteiger partial charge is 0.494 e. The van der Waals surface area contributed by atoms with Crippen molar-refractivity contribution >= 4 is 45.6 Å². The maximum Gasteiger partial charge on any atom is 0.274 e. The van der Waals surface area contributed by atoms with Crippen LogP contribution in [0.2, 0.25) is 5.02 Å². The van der Waals surface area contributed by atoms with Crippen molar-refractivity contribution in [1.29, 1.82) is 0 Å². The highest BCUT2D eigenvalue weighted by atomic mass is 127. The van der Waals surface area contributed by atoms with Crippen molar-refractivity contribution in [1.82, 2.24) is 14.1 Å². The highest BCUT2D eigenvalue weighted by Gasteiger charge is 2.15. The Labute approximate surface area is 205 Å². The number of hydrogen-bond acceptors (Lipinski definition) is 4. The average molecular weight is 561 g/mol. The minimum atomic E-state index is -0.167. The van der Waals surface area contributed by atoms with Crippen LogP contribution in [0.5, 0.6) is 5.75 Å². The molecule has 0 saturated carbocycles. The summed E-state index contributed by atoms with van der Waals surface area (Å²) in [5.41, 5.74) is 3.75. The summed E-state index contributed by atoms with van der Waals surface area (Å²) in [6.07, 6.45) is 5.33. The summed E-state index contributed by atoms with van der Waals surface area (Å²) in [4.78, 5) is 17.5. The van der Waals surface area contributed by atoms with Crippen molar-refractivity contribution in [2.24, 2.45) is 0 Å². The number of nitrogens with zero attached hydrogens (tertiary/aromatic N) is 3. The number of anilines is 2. The Kier molecular flexibility index (Phi) is 6.57. The molecule has 0 unspecified atom stereocenters. The van der Waals surface area contributed by atoms with Crippen molar-refractivity contribution in [2.45, 2.75) is 19.9 Å². The van der Waals surface area contributed by atoms with E-state index < -0.39 is 0 Å². The molecule has 0 aliphatic carbocycles. The van der Waals surface area contributed by atoms with Crippen LogP contribution < -0.4 is 15.6 Å². The lowest BCUT2D eigenvalue weighted by atomic mass is 10.1. The van der Waals surface area contributed by atoms with E-state index >= 15 is 0 Å². The Morgan fingerprint density at radius 1 is 1.12 bits per heavy atom. The first kappa shape index (κ1) is 22.4. The van der Waals surface area contributed by atoms with E-state index in [9.17, 15) is 4.79 Å². The summed E-state index contributed by atoms with van der Waals surface area (Å²) in [6.45, 7) is 3.91. The molecule has 4 rings (SSSR count). The molecule has 0 bridgehead atoms. The van der Waals surface area contributed by atoms with Crippen LogP contribution in [0.1, 0.15) is 24.2 Å². The fourth-order valence-electron chi connectivity index (χ4n) is 3.52. The number of imidazole rings is 1. The maximum absolute atomic E-state index is 13.2. The van der Waals surface area contributed by atoms with Gasteiger partial charge in [-0.2, -0.15) is 0 Å². The van der Waals surface area contributed by atoms with Crippen molar-refractivity contribution in [2.75, 3.05) is 12.4 Å². The van der Waals surface area contributed by atoms with E-state index in [1.54, 1.807) is 30.3 Å². The highest BCUT2D eigenvalue weighted by molar-refractivity contribution is 14.1. The first-order valence-electron chi connectivity index (χ1n) is 9.99. The second-order valence-corrected chi connectivity index (χ2v) is 9.13. The number of aryl methyl sites for hydroxylation is 1. The van der Waals surface area contributed by atoms with Gasteiger partial charge < -0.3 is 19.2 Å². The van der Waals surface area contributed by atoms with Gasteiger partial charge in [-0.15, -0.1) is 0 Å². The summed E-state index contributed by atoms with van der Waals surface area (Å²) >= 11 is 8.64. The molecule has 164 valence electrons. The number of methoxy groups -OCH3 is 1. The SMILES string of the molecule is COc1cc(Nc2cc(Cl)cn([C@@H](C)c3ccc(I)cc3)c2=O)ccc1-n1cnc(C)c1. The molecular formula is C24H22ClIN4O2. The van der Waals surface area contributed by atoms with E-state index in [4.69, 9.17) is 16.3 Å². The molecule has 2 aromatic heterocycles. The van der Waals surface area contributed by atoms with Gasteiger partial charge in [-0.25, -0.2) is 4.98 Å². The topological polar surface area (TPSA) is 61.1 Å². The monoisotopic (exact) mass is 560 g/mol. The van der Waals surface area contributed by atoms with Crippen LogP contribution in [0.3, 0.4) is 0 Å². The molecule has 0 aliphatic heterocycles. The maximum atomic E-state index is 13.2. The molecule has 0 saturated heterocycles. The van der Waals surface area contributed by atoms with E-state index in [1.807, 2.05) is 67.1 Å². The van der Waals surface area contributed by atoms with Crippen molar-refractivity contribution in [3.05, 3.63) is 97.5 Å². The highest BCUT2D eigenvalue weighted by Crippen LogP contribution is 2.29. The summed E-state index contributed by atoms with van der Waals surface area (Å²) in [6, 6.07) is 15.2. The van der Waals surface area contributed by atoms with Crippen LogP contribution in [0.25, 0.3) is 5.69 Å². The molecule has 0 amide bonds. The molecule has 32 heavy (non-hydrogen) atoms. The Morgan fingerprint density at radius 2 is 1.88 bits per heavy atom. The molecule has 0 aliphatic rings. The van der Waals surface area contributed by atoms with Crippen LogP contribution in [0, 0.1) is 10.5 Å². The smallest absolute Gasteiger partial charge is 0.274 e. The molecule has 4 aromatic rings. The number of aromatic nitrogens is 3. The Morgan fingerprint density at radius 3 is 2.53 bits per heavy atom. The zero-order valence-corrected chi connectivity index (χ0v) is 20.8. The number of benzene rings is 2. The van der Waals surface area contributed by atoms with E-state index in [0.29, 0.717) is 16.5 Å². The van der Waals surface area contributed by atoms with Crippen LogP contribution in [0.4, 0.5) is 11.4 Å². The standard InChI is InChI=1S/C24H22ClIN4O2/c1-15-12-29(14-27-15)22-9-8-20(11-23(22)32-3)28-21-10-18(25)13-30(24(21)31)16(2)17-4-6-19(26)7-5-17/h4-14,16,28H,1-3H3/t16-/m0/s1. The summed E-state index contributed by atoms with van der Waals surface area (Å²) in [5, 5.41) is 3.68. The summed E-state index contributed by atoms with van der Waals surface area (Å²) in [7, 11) is 1.61. The van der Waals surface area contributed by atoms with Crippen LogP contribution in [-0.4, -0.2) is 21.2 Å². The lowest BCUT2D eigenvalue weighted by molar-refractivity contribution is 0.413. The quantitative estimate of drug-likeness (QED) is 0.296. The fraction of sp³-hybridized carbons (Fsp3) is 0.167. The van der Waals surface area contributed by atoms with Crippen LogP contribution >= 0.6 is 34.2 Å². The van der Waals surface area contributed by atoms with Gasteiger partial charge in [0.2, 0.25) is 0 Å².